The Hall–Kier alpha value is -3.03. The minimum Gasteiger partial charge on any atom is -0.486 e. The van der Waals surface area contributed by atoms with Crippen LogP contribution < -0.4 is 14.8 Å². The molecule has 0 unspecified atom stereocenters. The molecule has 32 heavy (non-hydrogen) atoms. The van der Waals surface area contributed by atoms with Gasteiger partial charge in [0, 0.05) is 42.7 Å². The van der Waals surface area contributed by atoms with E-state index >= 15 is 0 Å². The zero-order valence-corrected chi connectivity index (χ0v) is 18.2. The smallest absolute Gasteiger partial charge is 0.294 e. The summed E-state index contributed by atoms with van der Waals surface area (Å²) >= 11 is 0. The highest BCUT2D eigenvalue weighted by Crippen LogP contribution is 2.33. The van der Waals surface area contributed by atoms with Crippen LogP contribution in [0.1, 0.15) is 67.1 Å². The van der Waals surface area contributed by atoms with E-state index in [1.807, 2.05) is 4.90 Å². The number of fused-ring (bicyclic) bond motifs is 1. The molecule has 2 fully saturated rings. The van der Waals surface area contributed by atoms with Crippen LogP contribution in [0.4, 0.5) is 5.69 Å². The molecule has 0 bridgehead atoms. The fourth-order valence-electron chi connectivity index (χ4n) is 4.93. The minimum atomic E-state index is -0.369. The lowest BCUT2D eigenvalue weighted by Gasteiger charge is -2.35. The molecule has 1 atom stereocenters. The topological polar surface area (TPSA) is 93.9 Å². The van der Waals surface area contributed by atoms with Crippen molar-refractivity contribution in [2.75, 3.05) is 31.6 Å². The Bertz CT molecular complexity index is 982. The summed E-state index contributed by atoms with van der Waals surface area (Å²) in [7, 11) is 0. The van der Waals surface area contributed by atoms with Gasteiger partial charge in [-0.1, -0.05) is 24.4 Å². The molecule has 1 aromatic carbocycles. The number of nitrogens with zero attached hydrogens (tertiary/aromatic N) is 2. The van der Waals surface area contributed by atoms with Crippen LogP contribution in [0.3, 0.4) is 0 Å². The van der Waals surface area contributed by atoms with Gasteiger partial charge < -0.3 is 24.2 Å². The Morgan fingerprint density at radius 1 is 0.969 bits per heavy atom. The molecule has 1 aliphatic carbocycles. The van der Waals surface area contributed by atoms with Gasteiger partial charge in [-0.3, -0.25) is 9.59 Å². The molecular weight excluding hydrogens is 410 g/mol. The van der Waals surface area contributed by atoms with Gasteiger partial charge in [0.2, 0.25) is 11.7 Å². The number of benzene rings is 1. The Labute approximate surface area is 187 Å². The number of carbonyl (C=O) groups excluding carboxylic acids is 2. The maximum absolute atomic E-state index is 12.9. The van der Waals surface area contributed by atoms with Crippen LogP contribution in [0.5, 0.6) is 11.5 Å². The number of rotatable bonds is 4. The fraction of sp³-hybridized carbons (Fsp3) is 0.542. The lowest BCUT2D eigenvalue weighted by atomic mass is 9.87. The van der Waals surface area contributed by atoms with Crippen molar-refractivity contribution in [1.29, 1.82) is 0 Å². The number of nitrogens with one attached hydrogen (secondary N) is 1. The summed E-state index contributed by atoms with van der Waals surface area (Å²) in [5.74, 6) is 1.62. The molecule has 8 nitrogen and oxygen atoms in total. The van der Waals surface area contributed by atoms with E-state index in [9.17, 15) is 9.59 Å². The van der Waals surface area contributed by atoms with Gasteiger partial charge in [0.15, 0.2) is 11.5 Å². The van der Waals surface area contributed by atoms with Crippen LogP contribution >= 0.6 is 0 Å². The molecule has 2 amide bonds. The van der Waals surface area contributed by atoms with Gasteiger partial charge in [-0.05, 0) is 37.8 Å². The monoisotopic (exact) mass is 439 g/mol. The number of likely N-dealkylation sites (tertiary alicyclic amines) is 1. The highest BCUT2D eigenvalue weighted by atomic mass is 16.6. The van der Waals surface area contributed by atoms with E-state index in [1.54, 1.807) is 24.3 Å². The summed E-state index contributed by atoms with van der Waals surface area (Å²) in [5.41, 5.74) is 1.33. The number of hydrogen-bond acceptors (Lipinski definition) is 6. The second kappa shape index (κ2) is 9.22. The van der Waals surface area contributed by atoms with E-state index < -0.39 is 0 Å². The zero-order valence-electron chi connectivity index (χ0n) is 18.2. The molecule has 170 valence electrons. The predicted octanol–water partition coefficient (Wildman–Crippen LogP) is 3.98. The average Bonchev–Trinajstić information content (AvgIpc) is 3.35. The van der Waals surface area contributed by atoms with Crippen LogP contribution in [-0.2, 0) is 4.79 Å². The second-order valence-electron chi connectivity index (χ2n) is 8.89. The van der Waals surface area contributed by atoms with Crippen LogP contribution in [-0.4, -0.2) is 48.2 Å². The molecule has 5 rings (SSSR count). The third-order valence-corrected chi connectivity index (χ3v) is 6.66. The van der Waals surface area contributed by atoms with Crippen molar-refractivity contribution in [1.82, 2.24) is 10.1 Å². The van der Waals surface area contributed by atoms with Crippen LogP contribution in [0.15, 0.2) is 28.8 Å². The standard InChI is InChI=1S/C24H29N3O5/c28-23(25-18-8-9-20-21(13-18)31-12-11-30-20)22-14-19(26-32-22)17-7-4-10-27(15-17)24(29)16-5-2-1-3-6-16/h8-9,13-14,16-17H,1-7,10-12,15H2,(H,25,28)/t17-/m0/s1. The Balaban J connectivity index is 1.22. The first-order valence-electron chi connectivity index (χ1n) is 11.6. The zero-order chi connectivity index (χ0) is 21.9. The third-order valence-electron chi connectivity index (χ3n) is 6.66. The van der Waals surface area contributed by atoms with Crippen molar-refractivity contribution in [3.05, 3.63) is 35.7 Å². The van der Waals surface area contributed by atoms with Crippen molar-refractivity contribution in [2.24, 2.45) is 5.92 Å². The number of piperidine rings is 1. The van der Waals surface area contributed by atoms with Crippen molar-refractivity contribution < 1.29 is 23.6 Å². The number of anilines is 1. The largest absolute Gasteiger partial charge is 0.486 e. The SMILES string of the molecule is O=C(Nc1ccc2c(c1)OCCO2)c1cc([C@H]2CCCN(C(=O)C3CCCCC3)C2)no1. The van der Waals surface area contributed by atoms with E-state index in [0.717, 1.165) is 50.8 Å². The maximum atomic E-state index is 12.9. The number of amides is 2. The van der Waals surface area contributed by atoms with Gasteiger partial charge in [-0.2, -0.15) is 0 Å². The van der Waals surface area contributed by atoms with Crippen molar-refractivity contribution >= 4 is 17.5 Å². The molecule has 3 aliphatic rings. The molecule has 1 saturated heterocycles. The van der Waals surface area contributed by atoms with Gasteiger partial charge >= 0.3 is 0 Å². The lowest BCUT2D eigenvalue weighted by molar-refractivity contribution is -0.137. The Kier molecular flexibility index (Phi) is 6.01. The van der Waals surface area contributed by atoms with E-state index in [1.165, 1.54) is 6.42 Å². The van der Waals surface area contributed by atoms with Gasteiger partial charge in [0.1, 0.15) is 13.2 Å². The van der Waals surface area contributed by atoms with Gasteiger partial charge in [-0.15, -0.1) is 0 Å². The molecule has 1 aromatic heterocycles. The Morgan fingerprint density at radius 3 is 2.62 bits per heavy atom. The Morgan fingerprint density at radius 2 is 1.78 bits per heavy atom. The highest BCUT2D eigenvalue weighted by molar-refractivity contribution is 6.02. The molecule has 8 heteroatoms. The molecule has 0 spiro atoms. The number of aromatic nitrogens is 1. The van der Waals surface area contributed by atoms with E-state index in [-0.39, 0.29) is 29.4 Å². The van der Waals surface area contributed by atoms with E-state index in [0.29, 0.717) is 36.9 Å². The number of carbonyl (C=O) groups is 2. The minimum absolute atomic E-state index is 0.0934. The molecule has 0 radical (unpaired) electrons. The second-order valence-corrected chi connectivity index (χ2v) is 8.89. The quantitative estimate of drug-likeness (QED) is 0.774. The maximum Gasteiger partial charge on any atom is 0.294 e. The molecule has 3 heterocycles. The molecule has 1 N–H and O–H groups in total. The molecule has 1 saturated carbocycles. The predicted molar refractivity (Wildman–Crippen MR) is 117 cm³/mol. The molecule has 2 aliphatic heterocycles. The van der Waals surface area contributed by atoms with Crippen LogP contribution in [0.25, 0.3) is 0 Å². The van der Waals surface area contributed by atoms with Gasteiger partial charge in [0.25, 0.3) is 5.91 Å². The summed E-state index contributed by atoms with van der Waals surface area (Å²) < 4.78 is 16.4. The first-order valence-corrected chi connectivity index (χ1v) is 11.6. The van der Waals surface area contributed by atoms with Crippen LogP contribution in [0.2, 0.25) is 0 Å². The van der Waals surface area contributed by atoms with Crippen molar-refractivity contribution in [3.8, 4) is 11.5 Å². The van der Waals surface area contributed by atoms with E-state index in [4.69, 9.17) is 14.0 Å². The molecular formula is C24H29N3O5. The molecule has 2 aromatic rings. The summed E-state index contributed by atoms with van der Waals surface area (Å²) in [6.45, 7) is 2.45. The van der Waals surface area contributed by atoms with Crippen LogP contribution in [0, 0.1) is 5.92 Å². The van der Waals surface area contributed by atoms with E-state index in [2.05, 4.69) is 10.5 Å². The summed E-state index contributed by atoms with van der Waals surface area (Å²) in [5, 5.41) is 6.98. The van der Waals surface area contributed by atoms with Gasteiger partial charge in [-0.25, -0.2) is 0 Å². The average molecular weight is 440 g/mol. The fourth-order valence-corrected chi connectivity index (χ4v) is 4.93. The summed E-state index contributed by atoms with van der Waals surface area (Å²) in [6, 6.07) is 6.97. The first kappa shape index (κ1) is 20.8. The summed E-state index contributed by atoms with van der Waals surface area (Å²) in [6.07, 6.45) is 7.43. The first-order chi connectivity index (χ1) is 15.7. The number of hydrogen-bond donors (Lipinski definition) is 1. The highest BCUT2D eigenvalue weighted by Gasteiger charge is 2.31. The normalized spacial score (nSPS) is 21.2. The summed E-state index contributed by atoms with van der Waals surface area (Å²) in [4.78, 5) is 27.6. The van der Waals surface area contributed by atoms with Crippen molar-refractivity contribution in [2.45, 2.75) is 50.9 Å². The van der Waals surface area contributed by atoms with Crippen molar-refractivity contribution in [3.63, 3.8) is 0 Å². The number of ether oxygens (including phenoxy) is 2. The van der Waals surface area contributed by atoms with Gasteiger partial charge in [0.05, 0.1) is 5.69 Å². The lowest BCUT2D eigenvalue weighted by Crippen LogP contribution is -2.42. The third kappa shape index (κ3) is 4.45.